The van der Waals surface area contributed by atoms with Crippen LogP contribution >= 0.6 is 12.6 Å². The van der Waals surface area contributed by atoms with Crippen LogP contribution in [0, 0.1) is 13.8 Å². The fraction of sp³-hybridized carbons (Fsp3) is 0.571. The molecule has 90 valence electrons. The van der Waals surface area contributed by atoms with Crippen LogP contribution < -0.4 is 4.74 Å². The number of thiol groups is 1. The summed E-state index contributed by atoms with van der Waals surface area (Å²) in [5.41, 5.74) is 2.35. The van der Waals surface area contributed by atoms with E-state index in [2.05, 4.69) is 45.5 Å². The molecule has 2 heteroatoms. The Kier molecular flexibility index (Phi) is 5.75. The molecule has 0 N–H and O–H groups in total. The SMILES string of the molecule is CCCCCCOc1cc(C)c(S)cc1C. The molecule has 0 heterocycles. The summed E-state index contributed by atoms with van der Waals surface area (Å²) in [4.78, 5) is 1.04. The second-order valence-corrected chi connectivity index (χ2v) is 4.80. The largest absolute Gasteiger partial charge is 0.493 e. The van der Waals surface area contributed by atoms with Gasteiger partial charge in [0.1, 0.15) is 5.75 Å². The van der Waals surface area contributed by atoms with Gasteiger partial charge in [0.15, 0.2) is 0 Å². The topological polar surface area (TPSA) is 9.23 Å². The number of hydrogen-bond acceptors (Lipinski definition) is 2. The van der Waals surface area contributed by atoms with Crippen LogP contribution in [0.2, 0.25) is 0 Å². The van der Waals surface area contributed by atoms with Gasteiger partial charge in [-0.25, -0.2) is 0 Å². The van der Waals surface area contributed by atoms with Gasteiger partial charge in [-0.2, -0.15) is 0 Å². The molecule has 0 bridgehead atoms. The molecule has 0 aliphatic carbocycles. The van der Waals surface area contributed by atoms with E-state index in [9.17, 15) is 0 Å². The zero-order chi connectivity index (χ0) is 12.0. The highest BCUT2D eigenvalue weighted by Crippen LogP contribution is 2.25. The number of unbranched alkanes of at least 4 members (excludes halogenated alkanes) is 3. The lowest BCUT2D eigenvalue weighted by Gasteiger charge is -2.11. The molecule has 0 saturated heterocycles. The Labute approximate surface area is 105 Å². The minimum atomic E-state index is 0.826. The van der Waals surface area contributed by atoms with Gasteiger partial charge in [0.2, 0.25) is 0 Å². The predicted octanol–water partition coefficient (Wildman–Crippen LogP) is 4.55. The van der Waals surface area contributed by atoms with Crippen LogP contribution in [-0.2, 0) is 0 Å². The Bertz CT molecular complexity index is 334. The second kappa shape index (κ2) is 6.85. The van der Waals surface area contributed by atoms with Gasteiger partial charge in [0.05, 0.1) is 6.61 Å². The molecular weight excluding hydrogens is 216 g/mol. The summed E-state index contributed by atoms with van der Waals surface area (Å²) < 4.78 is 5.79. The maximum Gasteiger partial charge on any atom is 0.122 e. The van der Waals surface area contributed by atoms with Gasteiger partial charge in [-0.05, 0) is 43.5 Å². The van der Waals surface area contributed by atoms with E-state index >= 15 is 0 Å². The van der Waals surface area contributed by atoms with E-state index in [0.717, 1.165) is 23.7 Å². The summed E-state index contributed by atoms with van der Waals surface area (Å²) in [6.07, 6.45) is 4.98. The molecule has 0 fully saturated rings. The van der Waals surface area contributed by atoms with Crippen molar-refractivity contribution in [2.24, 2.45) is 0 Å². The molecule has 0 atom stereocenters. The maximum atomic E-state index is 5.79. The van der Waals surface area contributed by atoms with Crippen molar-refractivity contribution in [3.63, 3.8) is 0 Å². The third-order valence-corrected chi connectivity index (χ3v) is 3.23. The molecule has 1 rings (SSSR count). The molecule has 0 aliphatic heterocycles. The van der Waals surface area contributed by atoms with Gasteiger partial charge in [0, 0.05) is 4.90 Å². The predicted molar refractivity (Wildman–Crippen MR) is 72.8 cm³/mol. The van der Waals surface area contributed by atoms with Crippen LogP contribution in [0.3, 0.4) is 0 Å². The molecular formula is C14H22OS. The third kappa shape index (κ3) is 4.09. The van der Waals surface area contributed by atoms with Gasteiger partial charge >= 0.3 is 0 Å². The lowest BCUT2D eigenvalue weighted by molar-refractivity contribution is 0.302. The Morgan fingerprint density at radius 1 is 1.06 bits per heavy atom. The number of aryl methyl sites for hydroxylation is 2. The minimum absolute atomic E-state index is 0.826. The van der Waals surface area contributed by atoms with E-state index in [0.29, 0.717) is 0 Å². The second-order valence-electron chi connectivity index (χ2n) is 4.31. The number of benzene rings is 1. The molecule has 0 amide bonds. The summed E-state index contributed by atoms with van der Waals surface area (Å²) >= 11 is 4.40. The van der Waals surface area contributed by atoms with Crippen LogP contribution in [0.1, 0.15) is 43.7 Å². The Balaban J connectivity index is 2.45. The molecule has 0 spiro atoms. The monoisotopic (exact) mass is 238 g/mol. The molecule has 16 heavy (non-hydrogen) atoms. The van der Waals surface area contributed by atoms with E-state index in [1.54, 1.807) is 0 Å². The molecule has 1 aromatic carbocycles. The van der Waals surface area contributed by atoms with E-state index < -0.39 is 0 Å². The molecule has 0 aromatic heterocycles. The van der Waals surface area contributed by atoms with E-state index in [1.807, 2.05) is 0 Å². The Hall–Kier alpha value is -0.630. The highest BCUT2D eigenvalue weighted by Gasteiger charge is 2.02. The quantitative estimate of drug-likeness (QED) is 0.565. The van der Waals surface area contributed by atoms with Crippen LogP contribution in [-0.4, -0.2) is 6.61 Å². The summed E-state index contributed by atoms with van der Waals surface area (Å²) in [5.74, 6) is 1.01. The fourth-order valence-corrected chi connectivity index (χ4v) is 1.90. The van der Waals surface area contributed by atoms with Crippen molar-refractivity contribution in [3.05, 3.63) is 23.3 Å². The highest BCUT2D eigenvalue weighted by molar-refractivity contribution is 7.80. The lowest BCUT2D eigenvalue weighted by atomic mass is 10.1. The van der Waals surface area contributed by atoms with Gasteiger partial charge in [-0.15, -0.1) is 12.6 Å². The van der Waals surface area contributed by atoms with E-state index in [4.69, 9.17) is 4.74 Å². The zero-order valence-electron chi connectivity index (χ0n) is 10.5. The number of rotatable bonds is 6. The van der Waals surface area contributed by atoms with E-state index in [1.165, 1.54) is 30.4 Å². The summed E-state index contributed by atoms with van der Waals surface area (Å²) in [7, 11) is 0. The van der Waals surface area contributed by atoms with Gasteiger partial charge in [0.25, 0.3) is 0 Å². The first-order valence-corrected chi connectivity index (χ1v) is 6.53. The normalized spacial score (nSPS) is 10.5. The average Bonchev–Trinajstić information content (AvgIpc) is 2.25. The van der Waals surface area contributed by atoms with Crippen LogP contribution in [0.4, 0.5) is 0 Å². The Morgan fingerprint density at radius 2 is 1.81 bits per heavy atom. The van der Waals surface area contributed by atoms with Crippen molar-refractivity contribution in [1.29, 1.82) is 0 Å². The van der Waals surface area contributed by atoms with Crippen molar-refractivity contribution in [2.75, 3.05) is 6.61 Å². The Morgan fingerprint density at radius 3 is 2.50 bits per heavy atom. The zero-order valence-corrected chi connectivity index (χ0v) is 11.4. The molecule has 0 radical (unpaired) electrons. The van der Waals surface area contributed by atoms with Crippen molar-refractivity contribution in [2.45, 2.75) is 51.3 Å². The van der Waals surface area contributed by atoms with Gasteiger partial charge in [-0.1, -0.05) is 26.2 Å². The lowest BCUT2D eigenvalue weighted by Crippen LogP contribution is -1.99. The summed E-state index contributed by atoms with van der Waals surface area (Å²) in [6.45, 7) is 7.18. The van der Waals surface area contributed by atoms with Crippen molar-refractivity contribution in [3.8, 4) is 5.75 Å². The molecule has 0 aliphatic rings. The number of ether oxygens (including phenoxy) is 1. The standard InChI is InChI=1S/C14H22OS/c1-4-5-6-7-8-15-13-9-12(3)14(16)10-11(13)2/h9-10,16H,4-8H2,1-3H3. The van der Waals surface area contributed by atoms with E-state index in [-0.39, 0.29) is 0 Å². The molecule has 1 nitrogen and oxygen atoms in total. The summed E-state index contributed by atoms with van der Waals surface area (Å²) in [5, 5.41) is 0. The smallest absolute Gasteiger partial charge is 0.122 e. The van der Waals surface area contributed by atoms with Crippen molar-refractivity contribution < 1.29 is 4.74 Å². The molecule has 0 unspecified atom stereocenters. The number of hydrogen-bond donors (Lipinski definition) is 1. The van der Waals surface area contributed by atoms with Crippen LogP contribution in [0.25, 0.3) is 0 Å². The van der Waals surface area contributed by atoms with Gasteiger partial charge in [-0.3, -0.25) is 0 Å². The van der Waals surface area contributed by atoms with Gasteiger partial charge < -0.3 is 4.74 Å². The van der Waals surface area contributed by atoms with Crippen LogP contribution in [0.15, 0.2) is 17.0 Å². The third-order valence-electron chi connectivity index (χ3n) is 2.75. The first kappa shape index (κ1) is 13.4. The van der Waals surface area contributed by atoms with Crippen molar-refractivity contribution in [1.82, 2.24) is 0 Å². The molecule has 0 saturated carbocycles. The highest BCUT2D eigenvalue weighted by atomic mass is 32.1. The molecule has 1 aromatic rings. The van der Waals surface area contributed by atoms with Crippen LogP contribution in [0.5, 0.6) is 5.75 Å². The first-order chi connectivity index (χ1) is 7.65. The summed E-state index contributed by atoms with van der Waals surface area (Å²) in [6, 6.07) is 4.15. The average molecular weight is 238 g/mol. The van der Waals surface area contributed by atoms with Crippen molar-refractivity contribution >= 4 is 12.6 Å². The fourth-order valence-electron chi connectivity index (χ4n) is 1.64. The minimum Gasteiger partial charge on any atom is -0.493 e. The maximum absolute atomic E-state index is 5.79. The first-order valence-electron chi connectivity index (χ1n) is 6.08.